The zero-order chi connectivity index (χ0) is 22.6. The molecule has 0 spiro atoms. The average molecular weight is 429 g/mol. The summed E-state index contributed by atoms with van der Waals surface area (Å²) in [6, 6.07) is 0. The molecule has 31 heavy (non-hydrogen) atoms. The smallest absolute Gasteiger partial charge is 0.0727 e. The lowest BCUT2D eigenvalue weighted by molar-refractivity contribution is -0.0495. The minimum atomic E-state index is -0.255. The first kappa shape index (κ1) is 23.6. The fraction of sp³-hybridized carbons (Fsp3) is 0.862. The monoisotopic (exact) mass is 428 g/mol. The molecule has 10 unspecified atom stereocenters. The summed E-state index contributed by atoms with van der Waals surface area (Å²) in [7, 11) is 0. The van der Waals surface area contributed by atoms with Gasteiger partial charge < -0.3 is 10.2 Å². The molecular formula is C29H48O2. The van der Waals surface area contributed by atoms with Crippen LogP contribution in [0.25, 0.3) is 0 Å². The van der Waals surface area contributed by atoms with Crippen molar-refractivity contribution in [3.05, 3.63) is 23.8 Å². The molecule has 2 N–H and O–H groups in total. The third-order valence-corrected chi connectivity index (χ3v) is 11.0. The van der Waals surface area contributed by atoms with Crippen molar-refractivity contribution >= 4 is 0 Å². The van der Waals surface area contributed by atoms with Gasteiger partial charge in [0.2, 0.25) is 0 Å². The SMILES string of the molecule is CCC(CC(O)C(C)C1CCC2C3C=CC4=CC(O)CCC4(C)C3CCC12C)C(C)C. The molecule has 0 amide bonds. The molecule has 4 aliphatic carbocycles. The van der Waals surface area contributed by atoms with Gasteiger partial charge in [-0.3, -0.25) is 0 Å². The molecule has 176 valence electrons. The van der Waals surface area contributed by atoms with Gasteiger partial charge in [-0.2, -0.15) is 0 Å². The molecule has 2 nitrogen and oxygen atoms in total. The van der Waals surface area contributed by atoms with Gasteiger partial charge in [0.25, 0.3) is 0 Å². The molecule has 0 bridgehead atoms. The van der Waals surface area contributed by atoms with Gasteiger partial charge in [-0.15, -0.1) is 0 Å². The van der Waals surface area contributed by atoms with E-state index in [4.69, 9.17) is 0 Å². The van der Waals surface area contributed by atoms with Crippen LogP contribution in [0.2, 0.25) is 0 Å². The predicted molar refractivity (Wildman–Crippen MR) is 130 cm³/mol. The summed E-state index contributed by atoms with van der Waals surface area (Å²) in [5.41, 5.74) is 2.00. The van der Waals surface area contributed by atoms with E-state index < -0.39 is 0 Å². The van der Waals surface area contributed by atoms with Crippen LogP contribution in [0.3, 0.4) is 0 Å². The molecule has 0 aromatic heterocycles. The van der Waals surface area contributed by atoms with E-state index in [2.05, 4.69) is 59.8 Å². The first-order valence-electron chi connectivity index (χ1n) is 13.4. The van der Waals surface area contributed by atoms with Crippen LogP contribution in [0.15, 0.2) is 23.8 Å². The molecule has 2 saturated carbocycles. The number of allylic oxidation sites excluding steroid dienone is 3. The van der Waals surface area contributed by atoms with Crippen LogP contribution in [-0.4, -0.2) is 22.4 Å². The van der Waals surface area contributed by atoms with Crippen LogP contribution < -0.4 is 0 Å². The maximum atomic E-state index is 11.2. The highest BCUT2D eigenvalue weighted by atomic mass is 16.3. The van der Waals surface area contributed by atoms with E-state index >= 15 is 0 Å². The highest BCUT2D eigenvalue weighted by molar-refractivity contribution is 5.36. The number of hydrogen-bond donors (Lipinski definition) is 2. The molecule has 4 rings (SSSR count). The number of aliphatic hydroxyl groups excluding tert-OH is 2. The Kier molecular flexibility index (Phi) is 6.56. The van der Waals surface area contributed by atoms with E-state index in [0.29, 0.717) is 35.0 Å². The molecular weight excluding hydrogens is 380 g/mol. The van der Waals surface area contributed by atoms with Crippen molar-refractivity contribution in [2.24, 2.45) is 52.3 Å². The summed E-state index contributed by atoms with van der Waals surface area (Å²) >= 11 is 0. The second-order valence-electron chi connectivity index (χ2n) is 12.6. The van der Waals surface area contributed by atoms with Crippen molar-refractivity contribution in [1.29, 1.82) is 0 Å². The second-order valence-corrected chi connectivity index (χ2v) is 12.6. The Balaban J connectivity index is 1.53. The Hall–Kier alpha value is -0.600. The van der Waals surface area contributed by atoms with Crippen molar-refractivity contribution in [2.75, 3.05) is 0 Å². The second kappa shape index (κ2) is 8.64. The fourth-order valence-electron chi connectivity index (χ4n) is 8.75. The molecule has 0 aromatic rings. The van der Waals surface area contributed by atoms with Crippen LogP contribution in [0, 0.1) is 52.3 Å². The zero-order valence-electron chi connectivity index (χ0n) is 21.0. The highest BCUT2D eigenvalue weighted by Gasteiger charge is 2.59. The lowest BCUT2D eigenvalue weighted by atomic mass is 9.48. The van der Waals surface area contributed by atoms with Crippen LogP contribution in [-0.2, 0) is 0 Å². The first-order chi connectivity index (χ1) is 14.6. The number of fused-ring (bicyclic) bond motifs is 5. The summed E-state index contributed by atoms with van der Waals surface area (Å²) in [5, 5.41) is 21.4. The molecule has 0 saturated heterocycles. The average Bonchev–Trinajstić information content (AvgIpc) is 3.08. The van der Waals surface area contributed by atoms with Gasteiger partial charge in [-0.25, -0.2) is 0 Å². The fourth-order valence-corrected chi connectivity index (χ4v) is 8.75. The molecule has 2 heteroatoms. The molecule has 0 aliphatic heterocycles. The summed E-state index contributed by atoms with van der Waals surface area (Å²) in [6.07, 6.45) is 16.0. The summed E-state index contributed by atoms with van der Waals surface area (Å²) in [6.45, 7) is 14.3. The maximum absolute atomic E-state index is 11.2. The first-order valence-corrected chi connectivity index (χ1v) is 13.4. The van der Waals surface area contributed by atoms with Gasteiger partial charge in [0, 0.05) is 0 Å². The Morgan fingerprint density at radius 2 is 1.77 bits per heavy atom. The van der Waals surface area contributed by atoms with E-state index in [-0.39, 0.29) is 17.6 Å². The third-order valence-electron chi connectivity index (χ3n) is 11.0. The van der Waals surface area contributed by atoms with Crippen LogP contribution in [0.5, 0.6) is 0 Å². The molecule has 0 heterocycles. The van der Waals surface area contributed by atoms with Gasteiger partial charge in [-0.1, -0.05) is 66.2 Å². The van der Waals surface area contributed by atoms with E-state index in [0.717, 1.165) is 31.1 Å². The molecule has 2 fully saturated rings. The maximum Gasteiger partial charge on any atom is 0.0727 e. The number of aliphatic hydroxyl groups is 2. The Morgan fingerprint density at radius 1 is 1.03 bits per heavy atom. The van der Waals surface area contributed by atoms with Crippen molar-refractivity contribution in [2.45, 2.75) is 105 Å². The standard InChI is InChI=1S/C29H48O2/c1-7-20(18(2)3)16-27(31)19(4)24-10-11-25-23-9-8-21-17-22(30)12-14-28(21,5)26(23)13-15-29(24,25)6/h8-9,17-20,22-27,30-31H,7,10-16H2,1-6H3. The highest BCUT2D eigenvalue weighted by Crippen LogP contribution is 2.66. The Labute approximate surface area is 191 Å². The largest absolute Gasteiger partial charge is 0.393 e. The number of rotatable bonds is 6. The van der Waals surface area contributed by atoms with Gasteiger partial charge in [0.1, 0.15) is 0 Å². The summed E-state index contributed by atoms with van der Waals surface area (Å²) in [5.74, 6) is 4.46. The topological polar surface area (TPSA) is 40.5 Å². The van der Waals surface area contributed by atoms with Crippen molar-refractivity contribution in [1.82, 2.24) is 0 Å². The Bertz CT molecular complexity index is 708. The van der Waals surface area contributed by atoms with Crippen molar-refractivity contribution in [3.8, 4) is 0 Å². The van der Waals surface area contributed by atoms with E-state index in [1.807, 2.05) is 0 Å². The molecule has 0 radical (unpaired) electrons. The van der Waals surface area contributed by atoms with Crippen molar-refractivity contribution in [3.63, 3.8) is 0 Å². The van der Waals surface area contributed by atoms with E-state index in [1.165, 1.54) is 37.7 Å². The Morgan fingerprint density at radius 3 is 2.45 bits per heavy atom. The van der Waals surface area contributed by atoms with Gasteiger partial charge in [0.05, 0.1) is 12.2 Å². The third kappa shape index (κ3) is 3.88. The summed E-state index contributed by atoms with van der Waals surface area (Å²) < 4.78 is 0. The summed E-state index contributed by atoms with van der Waals surface area (Å²) in [4.78, 5) is 0. The predicted octanol–water partition coefficient (Wildman–Crippen LogP) is 6.77. The van der Waals surface area contributed by atoms with Gasteiger partial charge in [-0.05, 0) is 103 Å². The lowest BCUT2D eigenvalue weighted by Crippen LogP contribution is -2.50. The normalized spacial score (nSPS) is 44.8. The molecule has 10 atom stereocenters. The molecule has 4 aliphatic rings. The minimum Gasteiger partial charge on any atom is -0.393 e. The van der Waals surface area contributed by atoms with Crippen LogP contribution >= 0.6 is 0 Å². The lowest BCUT2D eigenvalue weighted by Gasteiger charge is -2.57. The molecule has 0 aromatic carbocycles. The van der Waals surface area contributed by atoms with E-state index in [9.17, 15) is 10.2 Å². The zero-order valence-corrected chi connectivity index (χ0v) is 21.0. The van der Waals surface area contributed by atoms with Crippen LogP contribution in [0.4, 0.5) is 0 Å². The number of hydrogen-bond acceptors (Lipinski definition) is 2. The van der Waals surface area contributed by atoms with Gasteiger partial charge >= 0.3 is 0 Å². The van der Waals surface area contributed by atoms with Gasteiger partial charge in [0.15, 0.2) is 0 Å². The van der Waals surface area contributed by atoms with Crippen LogP contribution in [0.1, 0.15) is 92.9 Å². The van der Waals surface area contributed by atoms with Crippen molar-refractivity contribution < 1.29 is 10.2 Å². The quantitative estimate of drug-likeness (QED) is 0.490. The van der Waals surface area contributed by atoms with E-state index in [1.54, 1.807) is 0 Å². The minimum absolute atomic E-state index is 0.167.